The maximum atomic E-state index is 13.4. The summed E-state index contributed by atoms with van der Waals surface area (Å²) in [5, 5.41) is 17.1. The summed E-state index contributed by atoms with van der Waals surface area (Å²) in [6.07, 6.45) is 1.26. The molecule has 0 aliphatic carbocycles. The molecule has 110 valence electrons. The van der Waals surface area contributed by atoms with E-state index >= 15 is 0 Å². The highest BCUT2D eigenvalue weighted by molar-refractivity contribution is 5.93. The summed E-state index contributed by atoms with van der Waals surface area (Å²) in [6.45, 7) is 1.72. The van der Waals surface area contributed by atoms with Crippen molar-refractivity contribution in [1.82, 2.24) is 9.38 Å². The van der Waals surface area contributed by atoms with Crippen LogP contribution in [0.5, 0.6) is 0 Å². The number of hydrogen-bond acceptors (Lipinski definition) is 4. The molecule has 0 saturated carbocycles. The van der Waals surface area contributed by atoms with Gasteiger partial charge in [0.15, 0.2) is 5.82 Å². The van der Waals surface area contributed by atoms with Crippen LogP contribution in [-0.2, 0) is 0 Å². The number of fused-ring (bicyclic) bond motifs is 1. The van der Waals surface area contributed by atoms with E-state index in [-0.39, 0.29) is 11.3 Å². The van der Waals surface area contributed by atoms with Gasteiger partial charge >= 0.3 is 5.97 Å². The molecule has 0 radical (unpaired) electrons. The van der Waals surface area contributed by atoms with Crippen molar-refractivity contribution >= 4 is 23.1 Å². The molecule has 6 nitrogen and oxygen atoms in total. The van der Waals surface area contributed by atoms with Crippen molar-refractivity contribution in [2.45, 2.75) is 6.92 Å². The first-order valence-electron chi connectivity index (χ1n) is 6.44. The Morgan fingerprint density at radius 3 is 2.77 bits per heavy atom. The van der Waals surface area contributed by atoms with E-state index in [0.29, 0.717) is 17.2 Å². The largest absolute Gasteiger partial charge is 0.478 e. The number of carboxylic acids is 1. The van der Waals surface area contributed by atoms with Crippen molar-refractivity contribution in [2.24, 2.45) is 10.2 Å². The molecule has 22 heavy (non-hydrogen) atoms. The molecule has 0 fully saturated rings. The number of azo groups is 1. The van der Waals surface area contributed by atoms with Crippen LogP contribution in [-0.4, -0.2) is 20.5 Å². The zero-order valence-corrected chi connectivity index (χ0v) is 11.6. The van der Waals surface area contributed by atoms with Gasteiger partial charge in [-0.1, -0.05) is 12.1 Å². The first kappa shape index (κ1) is 13.9. The highest BCUT2D eigenvalue weighted by Gasteiger charge is 2.11. The molecule has 1 aromatic carbocycles. The molecule has 0 aliphatic rings. The second-order valence-corrected chi connectivity index (χ2v) is 4.62. The third-order valence-electron chi connectivity index (χ3n) is 3.11. The van der Waals surface area contributed by atoms with E-state index in [1.807, 2.05) is 0 Å². The zero-order chi connectivity index (χ0) is 15.7. The van der Waals surface area contributed by atoms with Crippen LogP contribution in [0.25, 0.3) is 5.65 Å². The van der Waals surface area contributed by atoms with Crippen molar-refractivity contribution in [1.29, 1.82) is 0 Å². The van der Waals surface area contributed by atoms with Gasteiger partial charge in [0.25, 0.3) is 0 Å². The van der Waals surface area contributed by atoms with E-state index < -0.39 is 11.8 Å². The Kier molecular flexibility index (Phi) is 3.38. The molecule has 3 rings (SSSR count). The molecular weight excluding hydrogens is 287 g/mol. The molecule has 0 bridgehead atoms. The Morgan fingerprint density at radius 2 is 2.00 bits per heavy atom. The number of imidazole rings is 1. The number of pyridine rings is 1. The second-order valence-electron chi connectivity index (χ2n) is 4.62. The van der Waals surface area contributed by atoms with Gasteiger partial charge < -0.3 is 5.11 Å². The summed E-state index contributed by atoms with van der Waals surface area (Å²) < 4.78 is 14.8. The van der Waals surface area contributed by atoms with Gasteiger partial charge in [0.1, 0.15) is 17.2 Å². The smallest absolute Gasteiger partial charge is 0.337 e. The third kappa shape index (κ3) is 2.44. The first-order chi connectivity index (χ1) is 10.6. The maximum Gasteiger partial charge on any atom is 0.337 e. The minimum absolute atomic E-state index is 0.0453. The van der Waals surface area contributed by atoms with Gasteiger partial charge in [0, 0.05) is 6.20 Å². The summed E-state index contributed by atoms with van der Waals surface area (Å²) in [5.74, 6) is -1.16. The van der Waals surface area contributed by atoms with Gasteiger partial charge in [-0.05, 0) is 31.2 Å². The Morgan fingerprint density at radius 1 is 1.23 bits per heavy atom. The van der Waals surface area contributed by atoms with Crippen LogP contribution in [0, 0.1) is 12.7 Å². The van der Waals surface area contributed by atoms with Crippen LogP contribution in [0.3, 0.4) is 0 Å². The number of hydrogen-bond donors (Lipinski definition) is 1. The number of rotatable bonds is 3. The Hall–Kier alpha value is -3.09. The van der Waals surface area contributed by atoms with Crippen LogP contribution < -0.4 is 0 Å². The third-order valence-corrected chi connectivity index (χ3v) is 3.11. The summed E-state index contributed by atoms with van der Waals surface area (Å²) >= 11 is 0. The second kappa shape index (κ2) is 5.36. The van der Waals surface area contributed by atoms with Crippen LogP contribution in [0.2, 0.25) is 0 Å². The standard InChI is InChI=1S/C15H11FN4O2/c1-9-14(20-8-10(16)6-7-13(20)17-9)19-18-12-5-3-2-4-11(12)15(21)22/h2-8H,1H3,(H,21,22). The highest BCUT2D eigenvalue weighted by Crippen LogP contribution is 2.25. The molecular formula is C15H11FN4O2. The number of carbonyl (C=O) groups is 1. The van der Waals surface area contributed by atoms with Gasteiger partial charge in [-0.2, -0.15) is 0 Å². The molecule has 0 unspecified atom stereocenters. The van der Waals surface area contributed by atoms with Crippen LogP contribution in [0.1, 0.15) is 16.1 Å². The van der Waals surface area contributed by atoms with E-state index in [1.54, 1.807) is 25.1 Å². The molecule has 3 aromatic rings. The SMILES string of the molecule is Cc1nc2ccc(F)cn2c1N=Nc1ccccc1C(=O)O. The summed E-state index contributed by atoms with van der Waals surface area (Å²) in [6, 6.07) is 9.11. The fourth-order valence-corrected chi connectivity index (χ4v) is 2.09. The molecule has 2 heterocycles. The molecule has 0 atom stereocenters. The number of nitrogens with zero attached hydrogens (tertiary/aromatic N) is 4. The average molecular weight is 298 g/mol. The lowest BCUT2D eigenvalue weighted by molar-refractivity contribution is 0.0697. The van der Waals surface area contributed by atoms with Crippen LogP contribution in [0.15, 0.2) is 52.8 Å². The molecule has 0 amide bonds. The molecule has 0 aliphatic heterocycles. The fraction of sp³-hybridized carbons (Fsp3) is 0.0667. The minimum atomic E-state index is -1.09. The van der Waals surface area contributed by atoms with Gasteiger partial charge in [0.2, 0.25) is 0 Å². The van der Waals surface area contributed by atoms with E-state index in [0.717, 1.165) is 0 Å². The predicted octanol–water partition coefficient (Wildman–Crippen LogP) is 3.90. The Labute approximate surface area is 124 Å². The quantitative estimate of drug-likeness (QED) is 0.745. The minimum Gasteiger partial charge on any atom is -0.478 e. The Balaban J connectivity index is 2.09. The van der Waals surface area contributed by atoms with Crippen molar-refractivity contribution in [3.8, 4) is 0 Å². The average Bonchev–Trinajstić information content (AvgIpc) is 2.80. The van der Waals surface area contributed by atoms with Crippen LogP contribution in [0.4, 0.5) is 15.9 Å². The fourth-order valence-electron chi connectivity index (χ4n) is 2.09. The monoisotopic (exact) mass is 298 g/mol. The van der Waals surface area contributed by atoms with Gasteiger partial charge in [-0.25, -0.2) is 14.2 Å². The molecule has 0 saturated heterocycles. The summed E-state index contributed by atoms with van der Waals surface area (Å²) in [5.41, 5.74) is 1.38. The molecule has 1 N–H and O–H groups in total. The van der Waals surface area contributed by atoms with Crippen molar-refractivity contribution in [2.75, 3.05) is 0 Å². The summed E-state index contributed by atoms with van der Waals surface area (Å²) in [4.78, 5) is 15.4. The van der Waals surface area contributed by atoms with E-state index in [4.69, 9.17) is 5.11 Å². The van der Waals surface area contributed by atoms with Gasteiger partial charge in [0.05, 0.1) is 11.3 Å². The summed E-state index contributed by atoms with van der Waals surface area (Å²) in [7, 11) is 0. The maximum absolute atomic E-state index is 13.4. The van der Waals surface area contributed by atoms with Crippen molar-refractivity contribution < 1.29 is 14.3 Å². The topological polar surface area (TPSA) is 79.3 Å². The first-order valence-corrected chi connectivity index (χ1v) is 6.44. The van der Waals surface area contributed by atoms with E-state index in [2.05, 4.69) is 15.2 Å². The van der Waals surface area contributed by atoms with Crippen molar-refractivity contribution in [3.05, 3.63) is 59.7 Å². The van der Waals surface area contributed by atoms with Gasteiger partial charge in [-0.3, -0.25) is 4.40 Å². The zero-order valence-electron chi connectivity index (χ0n) is 11.6. The van der Waals surface area contributed by atoms with E-state index in [1.165, 1.54) is 28.8 Å². The molecule has 0 spiro atoms. The van der Waals surface area contributed by atoms with Gasteiger partial charge in [-0.15, -0.1) is 10.2 Å². The number of aryl methyl sites for hydroxylation is 1. The number of benzene rings is 1. The van der Waals surface area contributed by atoms with Crippen LogP contribution >= 0.6 is 0 Å². The normalized spacial score (nSPS) is 11.4. The predicted molar refractivity (Wildman–Crippen MR) is 77.5 cm³/mol. The van der Waals surface area contributed by atoms with E-state index in [9.17, 15) is 9.18 Å². The number of halogens is 1. The molecule has 2 aromatic heterocycles. The lowest BCUT2D eigenvalue weighted by atomic mass is 10.2. The lowest BCUT2D eigenvalue weighted by Crippen LogP contribution is -1.95. The highest BCUT2D eigenvalue weighted by atomic mass is 19.1. The van der Waals surface area contributed by atoms with Crippen molar-refractivity contribution in [3.63, 3.8) is 0 Å². The Bertz CT molecular complexity index is 902. The number of aromatic nitrogens is 2. The number of aromatic carboxylic acids is 1. The number of carboxylic acid groups (broad SMARTS) is 1. The molecule has 7 heteroatoms. The lowest BCUT2D eigenvalue weighted by Gasteiger charge is -1.99.